The Labute approximate surface area is 159 Å². The second-order valence-corrected chi connectivity index (χ2v) is 8.21. The van der Waals surface area contributed by atoms with Gasteiger partial charge in [-0.2, -0.15) is 0 Å². The Morgan fingerprint density at radius 1 is 1.38 bits per heavy atom. The number of halogens is 2. The quantitative estimate of drug-likeness (QED) is 0.774. The number of hydrogen-bond acceptors (Lipinski definition) is 2. The Bertz CT molecular complexity index is 560. The highest BCUT2D eigenvalue weighted by atomic mass is 79.9. The molecule has 0 radical (unpaired) electrons. The molecule has 0 bridgehead atoms. The van der Waals surface area contributed by atoms with Crippen molar-refractivity contribution < 1.29 is 4.79 Å². The molecule has 1 aromatic rings. The number of benzene rings is 1. The van der Waals surface area contributed by atoms with Gasteiger partial charge in [0.1, 0.15) is 0 Å². The van der Waals surface area contributed by atoms with Crippen molar-refractivity contribution >= 4 is 34.2 Å². The number of nitrogens with one attached hydrogen (secondary N) is 2. The maximum atomic E-state index is 12.6. The van der Waals surface area contributed by atoms with Gasteiger partial charge in [0, 0.05) is 28.4 Å². The van der Waals surface area contributed by atoms with Crippen LogP contribution in [0.5, 0.6) is 0 Å². The predicted octanol–water partition coefficient (Wildman–Crippen LogP) is 4.19. The first-order chi connectivity index (χ1) is 11.1. The third-order valence-electron chi connectivity index (χ3n) is 5.59. The number of carbonyl (C=O) groups is 1. The first kappa shape index (κ1) is 19.7. The molecule has 2 N–H and O–H groups in total. The predicted molar refractivity (Wildman–Crippen MR) is 105 cm³/mol. The summed E-state index contributed by atoms with van der Waals surface area (Å²) in [6.45, 7) is 3.90. The summed E-state index contributed by atoms with van der Waals surface area (Å²) in [5, 5.41) is 6.71. The molecule has 0 aromatic heterocycles. The average molecular weight is 416 g/mol. The number of amides is 1. The molecule has 3 nitrogen and oxygen atoms in total. The van der Waals surface area contributed by atoms with Crippen molar-refractivity contribution in [2.75, 3.05) is 13.1 Å². The van der Waals surface area contributed by atoms with E-state index in [2.05, 4.69) is 57.8 Å². The minimum atomic E-state index is 0. The van der Waals surface area contributed by atoms with E-state index in [9.17, 15) is 4.79 Å². The van der Waals surface area contributed by atoms with Gasteiger partial charge in [0.05, 0.1) is 0 Å². The third kappa shape index (κ3) is 4.53. The van der Waals surface area contributed by atoms with Crippen LogP contribution < -0.4 is 10.6 Å². The summed E-state index contributed by atoms with van der Waals surface area (Å²) in [6, 6.07) is 9.07. The summed E-state index contributed by atoms with van der Waals surface area (Å²) in [4.78, 5) is 12.6. The molecule has 2 atom stereocenters. The van der Waals surface area contributed by atoms with E-state index in [0.717, 1.165) is 30.4 Å². The van der Waals surface area contributed by atoms with Crippen LogP contribution in [-0.2, 0) is 10.2 Å². The molecule has 1 aliphatic heterocycles. The van der Waals surface area contributed by atoms with Crippen LogP contribution in [0.25, 0.3) is 0 Å². The smallest absolute Gasteiger partial charge is 0.223 e. The van der Waals surface area contributed by atoms with Crippen molar-refractivity contribution in [1.29, 1.82) is 0 Å². The molecule has 0 spiro atoms. The largest absolute Gasteiger partial charge is 0.355 e. The van der Waals surface area contributed by atoms with E-state index in [1.54, 1.807) is 0 Å². The highest BCUT2D eigenvalue weighted by Crippen LogP contribution is 2.41. The first-order valence-corrected chi connectivity index (χ1v) is 9.65. The maximum absolute atomic E-state index is 12.6. The van der Waals surface area contributed by atoms with E-state index in [0.29, 0.717) is 6.04 Å². The van der Waals surface area contributed by atoms with Crippen molar-refractivity contribution in [3.8, 4) is 0 Å². The van der Waals surface area contributed by atoms with E-state index in [1.807, 2.05) is 0 Å². The standard InChI is InChI=1S/C19H27BrN2O.ClH/c1-14-11-15(7-10-21-14)18(23)22-13-19(8-2-3-9-19)16-5-4-6-17(20)12-16;/h4-6,12,14-15,21H,2-3,7-11,13H2,1H3,(H,22,23);1H/t14-,15-;/m0./s1. The number of hydrogen-bond donors (Lipinski definition) is 2. The van der Waals surface area contributed by atoms with Gasteiger partial charge in [-0.25, -0.2) is 0 Å². The third-order valence-corrected chi connectivity index (χ3v) is 6.09. The van der Waals surface area contributed by atoms with E-state index < -0.39 is 0 Å². The van der Waals surface area contributed by atoms with Gasteiger partial charge >= 0.3 is 0 Å². The molecule has 3 rings (SSSR count). The van der Waals surface area contributed by atoms with Crippen molar-refractivity contribution in [3.05, 3.63) is 34.3 Å². The lowest BCUT2D eigenvalue weighted by Crippen LogP contribution is -2.45. The fourth-order valence-corrected chi connectivity index (χ4v) is 4.61. The number of piperidine rings is 1. The second-order valence-electron chi connectivity index (χ2n) is 7.29. The van der Waals surface area contributed by atoms with E-state index >= 15 is 0 Å². The van der Waals surface area contributed by atoms with Gasteiger partial charge < -0.3 is 10.6 Å². The van der Waals surface area contributed by atoms with Crippen molar-refractivity contribution in [2.45, 2.75) is 56.9 Å². The molecule has 24 heavy (non-hydrogen) atoms. The van der Waals surface area contributed by atoms with Gasteiger partial charge in [0.25, 0.3) is 0 Å². The van der Waals surface area contributed by atoms with Gasteiger partial charge in [-0.15, -0.1) is 12.4 Å². The molecule has 1 aromatic carbocycles. The van der Waals surface area contributed by atoms with Crippen molar-refractivity contribution in [2.24, 2.45) is 5.92 Å². The Kier molecular flexibility index (Phi) is 7.14. The molecule has 1 amide bonds. The normalized spacial score (nSPS) is 25.8. The second kappa shape index (κ2) is 8.68. The van der Waals surface area contributed by atoms with Gasteiger partial charge in [-0.3, -0.25) is 4.79 Å². The van der Waals surface area contributed by atoms with Crippen molar-refractivity contribution in [3.63, 3.8) is 0 Å². The Hall–Kier alpha value is -0.580. The van der Waals surface area contributed by atoms with E-state index in [4.69, 9.17) is 0 Å². The lowest BCUT2D eigenvalue weighted by atomic mass is 9.78. The van der Waals surface area contributed by atoms with E-state index in [-0.39, 0.29) is 29.6 Å². The molecular formula is C19H28BrClN2O. The summed E-state index contributed by atoms with van der Waals surface area (Å²) in [6.07, 6.45) is 6.77. The van der Waals surface area contributed by atoms with Gasteiger partial charge in [-0.1, -0.05) is 40.9 Å². The molecule has 1 aliphatic carbocycles. The van der Waals surface area contributed by atoms with E-state index in [1.165, 1.54) is 31.2 Å². The van der Waals surface area contributed by atoms with Crippen LogP contribution in [0.1, 0.15) is 51.0 Å². The summed E-state index contributed by atoms with van der Waals surface area (Å²) >= 11 is 3.59. The molecule has 5 heteroatoms. The SMILES string of the molecule is C[C@H]1C[C@@H](C(=O)NCC2(c3cccc(Br)c3)CCCC2)CCN1.Cl. The highest BCUT2D eigenvalue weighted by Gasteiger charge is 2.36. The van der Waals surface area contributed by atoms with Gasteiger partial charge in [0.2, 0.25) is 5.91 Å². The first-order valence-electron chi connectivity index (χ1n) is 8.86. The fraction of sp³-hybridized carbons (Fsp3) is 0.632. The Morgan fingerprint density at radius 2 is 2.12 bits per heavy atom. The summed E-state index contributed by atoms with van der Waals surface area (Å²) in [5.74, 6) is 0.423. The Morgan fingerprint density at radius 3 is 2.79 bits per heavy atom. The molecule has 1 heterocycles. The molecule has 2 fully saturated rings. The summed E-state index contributed by atoms with van der Waals surface area (Å²) in [7, 11) is 0. The molecule has 0 unspecified atom stereocenters. The van der Waals surface area contributed by atoms with Crippen LogP contribution in [0.3, 0.4) is 0 Å². The number of rotatable bonds is 4. The number of carbonyl (C=O) groups excluding carboxylic acids is 1. The minimum Gasteiger partial charge on any atom is -0.355 e. The fourth-order valence-electron chi connectivity index (χ4n) is 4.21. The molecular weight excluding hydrogens is 388 g/mol. The summed E-state index contributed by atoms with van der Waals surface area (Å²) in [5.41, 5.74) is 1.49. The van der Waals surface area contributed by atoms with Crippen LogP contribution in [0.15, 0.2) is 28.7 Å². The zero-order valence-electron chi connectivity index (χ0n) is 14.3. The highest BCUT2D eigenvalue weighted by molar-refractivity contribution is 9.10. The van der Waals surface area contributed by atoms with Gasteiger partial charge in [-0.05, 0) is 56.8 Å². The topological polar surface area (TPSA) is 41.1 Å². The van der Waals surface area contributed by atoms with Crippen molar-refractivity contribution in [1.82, 2.24) is 10.6 Å². The molecule has 1 saturated heterocycles. The zero-order valence-corrected chi connectivity index (χ0v) is 16.7. The molecule has 134 valence electrons. The molecule has 1 saturated carbocycles. The minimum absolute atomic E-state index is 0. The maximum Gasteiger partial charge on any atom is 0.223 e. The van der Waals surface area contributed by atoms with Crippen LogP contribution >= 0.6 is 28.3 Å². The van der Waals surface area contributed by atoms with Crippen LogP contribution in [0.2, 0.25) is 0 Å². The molecule has 2 aliphatic rings. The van der Waals surface area contributed by atoms with Crippen LogP contribution in [0, 0.1) is 5.92 Å². The van der Waals surface area contributed by atoms with Gasteiger partial charge in [0.15, 0.2) is 0 Å². The Balaban J connectivity index is 0.00000208. The average Bonchev–Trinajstić information content (AvgIpc) is 3.03. The lowest BCUT2D eigenvalue weighted by molar-refractivity contribution is -0.126. The zero-order chi connectivity index (χ0) is 16.3. The summed E-state index contributed by atoms with van der Waals surface area (Å²) < 4.78 is 1.12. The lowest BCUT2D eigenvalue weighted by Gasteiger charge is -2.32. The monoisotopic (exact) mass is 414 g/mol. The van der Waals surface area contributed by atoms with Crippen LogP contribution in [0.4, 0.5) is 0 Å². The van der Waals surface area contributed by atoms with Crippen LogP contribution in [-0.4, -0.2) is 25.0 Å².